The summed E-state index contributed by atoms with van der Waals surface area (Å²) in [5.41, 5.74) is 3.07. The van der Waals surface area contributed by atoms with Gasteiger partial charge >= 0.3 is 0 Å². The molecule has 0 saturated carbocycles. The van der Waals surface area contributed by atoms with Gasteiger partial charge in [-0.05, 0) is 25.8 Å². The quantitative estimate of drug-likeness (QED) is 0.765. The van der Waals surface area contributed by atoms with E-state index in [0.29, 0.717) is 6.42 Å². The van der Waals surface area contributed by atoms with Crippen molar-refractivity contribution in [3.63, 3.8) is 0 Å². The van der Waals surface area contributed by atoms with Gasteiger partial charge in [-0.2, -0.15) is 0 Å². The van der Waals surface area contributed by atoms with E-state index < -0.39 is 0 Å². The highest BCUT2D eigenvalue weighted by Crippen LogP contribution is 2.32. The number of aryl methyl sites for hydroxylation is 2. The van der Waals surface area contributed by atoms with Gasteiger partial charge in [0.25, 0.3) is 0 Å². The zero-order valence-corrected chi connectivity index (χ0v) is 10.5. The molecule has 0 N–H and O–H groups in total. The van der Waals surface area contributed by atoms with Crippen molar-refractivity contribution in [1.29, 1.82) is 0 Å². The van der Waals surface area contributed by atoms with E-state index >= 15 is 0 Å². The number of ketones is 1. The van der Waals surface area contributed by atoms with E-state index in [1.807, 2.05) is 6.07 Å². The van der Waals surface area contributed by atoms with Crippen molar-refractivity contribution in [3.8, 4) is 10.6 Å². The van der Waals surface area contributed by atoms with Gasteiger partial charge in [0.2, 0.25) is 0 Å². The first-order valence-corrected chi connectivity index (χ1v) is 6.65. The van der Waals surface area contributed by atoms with Gasteiger partial charge in [-0.25, -0.2) is 4.98 Å². The molecule has 0 radical (unpaired) electrons. The van der Waals surface area contributed by atoms with Gasteiger partial charge in [0.15, 0.2) is 5.78 Å². The third-order valence-electron chi connectivity index (χ3n) is 3.03. The fraction of sp³-hybridized carbons (Fsp3) is 0.286. The van der Waals surface area contributed by atoms with E-state index in [1.165, 1.54) is 5.56 Å². The summed E-state index contributed by atoms with van der Waals surface area (Å²) in [4.78, 5) is 17.4. The molecular formula is C14H13NOS. The van der Waals surface area contributed by atoms with Gasteiger partial charge in [-0.1, -0.05) is 23.8 Å². The van der Waals surface area contributed by atoms with Crippen LogP contribution in [0.15, 0.2) is 24.3 Å². The summed E-state index contributed by atoms with van der Waals surface area (Å²) in [6.45, 7) is 2.07. The largest absolute Gasteiger partial charge is 0.292 e. The molecule has 1 heterocycles. The molecule has 0 fully saturated rings. The summed E-state index contributed by atoms with van der Waals surface area (Å²) in [6.07, 6.45) is 2.63. The molecule has 17 heavy (non-hydrogen) atoms. The highest BCUT2D eigenvalue weighted by molar-refractivity contribution is 7.15. The van der Waals surface area contributed by atoms with E-state index in [-0.39, 0.29) is 5.78 Å². The summed E-state index contributed by atoms with van der Waals surface area (Å²) in [5.74, 6) is 0.210. The van der Waals surface area contributed by atoms with Crippen molar-refractivity contribution in [2.24, 2.45) is 0 Å². The van der Waals surface area contributed by atoms with E-state index in [2.05, 4.69) is 30.1 Å². The molecule has 1 aliphatic carbocycles. The standard InChI is InChI=1S/C14H13NOS/c1-9-4-2-5-10(8-9)14-15-13-11(16)6-3-7-12(13)17-14/h2,4-5,8H,3,6-7H2,1H3. The lowest BCUT2D eigenvalue weighted by molar-refractivity contribution is 0.0968. The second-order valence-electron chi connectivity index (χ2n) is 4.44. The Morgan fingerprint density at radius 1 is 1.29 bits per heavy atom. The summed E-state index contributed by atoms with van der Waals surface area (Å²) >= 11 is 1.67. The number of aromatic nitrogens is 1. The minimum absolute atomic E-state index is 0.210. The molecule has 0 aliphatic heterocycles. The van der Waals surface area contributed by atoms with Crippen molar-refractivity contribution < 1.29 is 4.79 Å². The van der Waals surface area contributed by atoms with Gasteiger partial charge in [0.1, 0.15) is 10.7 Å². The predicted octanol–water partition coefficient (Wildman–Crippen LogP) is 3.64. The highest BCUT2D eigenvalue weighted by atomic mass is 32.1. The fourth-order valence-corrected chi connectivity index (χ4v) is 3.29. The summed E-state index contributed by atoms with van der Waals surface area (Å²) in [7, 11) is 0. The summed E-state index contributed by atoms with van der Waals surface area (Å²) in [6, 6.07) is 8.28. The molecule has 86 valence electrons. The normalized spacial score (nSPS) is 14.8. The van der Waals surface area contributed by atoms with Gasteiger partial charge in [0.05, 0.1) is 0 Å². The van der Waals surface area contributed by atoms with Crippen LogP contribution >= 0.6 is 11.3 Å². The molecule has 1 aromatic carbocycles. The van der Waals surface area contributed by atoms with E-state index in [0.717, 1.165) is 34.0 Å². The number of carbonyl (C=O) groups excluding carboxylic acids is 1. The molecule has 0 unspecified atom stereocenters. The van der Waals surface area contributed by atoms with Crippen molar-refractivity contribution in [3.05, 3.63) is 40.4 Å². The van der Waals surface area contributed by atoms with E-state index in [1.54, 1.807) is 11.3 Å². The van der Waals surface area contributed by atoms with Crippen molar-refractivity contribution in [2.45, 2.75) is 26.2 Å². The molecule has 0 saturated heterocycles. The van der Waals surface area contributed by atoms with Gasteiger partial charge in [0, 0.05) is 16.9 Å². The molecule has 0 bridgehead atoms. The Kier molecular flexibility index (Phi) is 2.56. The first kappa shape index (κ1) is 10.7. The highest BCUT2D eigenvalue weighted by Gasteiger charge is 2.22. The average molecular weight is 243 g/mol. The molecule has 2 nitrogen and oxygen atoms in total. The van der Waals surface area contributed by atoms with Crippen LogP contribution in [0.1, 0.15) is 33.8 Å². The van der Waals surface area contributed by atoms with Crippen LogP contribution < -0.4 is 0 Å². The number of Topliss-reactive ketones (excluding diaryl/α,β-unsaturated/α-hetero) is 1. The maximum atomic E-state index is 11.7. The van der Waals surface area contributed by atoms with E-state index in [4.69, 9.17) is 0 Å². The zero-order chi connectivity index (χ0) is 11.8. The molecule has 2 aromatic rings. The Balaban J connectivity index is 2.08. The van der Waals surface area contributed by atoms with Crippen molar-refractivity contribution in [1.82, 2.24) is 4.98 Å². The van der Waals surface area contributed by atoms with Crippen molar-refractivity contribution >= 4 is 17.1 Å². The fourth-order valence-electron chi connectivity index (χ4n) is 2.17. The first-order valence-electron chi connectivity index (χ1n) is 5.84. The van der Waals surface area contributed by atoms with Crippen LogP contribution in [0.4, 0.5) is 0 Å². The van der Waals surface area contributed by atoms with Crippen molar-refractivity contribution in [2.75, 3.05) is 0 Å². The monoisotopic (exact) mass is 243 g/mol. The summed E-state index contributed by atoms with van der Waals surface area (Å²) < 4.78 is 0. The first-order chi connectivity index (χ1) is 8.24. The molecular weight excluding hydrogens is 230 g/mol. The SMILES string of the molecule is Cc1cccc(-c2nc3c(s2)CCCC3=O)c1. The van der Waals surface area contributed by atoms with Crippen LogP contribution in [0.5, 0.6) is 0 Å². The zero-order valence-electron chi connectivity index (χ0n) is 9.69. The average Bonchev–Trinajstić information content (AvgIpc) is 2.74. The minimum atomic E-state index is 0.210. The number of hydrogen-bond acceptors (Lipinski definition) is 3. The number of fused-ring (bicyclic) bond motifs is 1. The smallest absolute Gasteiger partial charge is 0.182 e. The molecule has 0 spiro atoms. The Morgan fingerprint density at radius 3 is 2.94 bits per heavy atom. The number of thiazole rings is 1. The van der Waals surface area contributed by atoms with E-state index in [9.17, 15) is 4.79 Å². The number of carbonyl (C=O) groups is 1. The predicted molar refractivity (Wildman–Crippen MR) is 69.6 cm³/mol. The molecule has 1 aliphatic rings. The van der Waals surface area contributed by atoms with Crippen LogP contribution in [0.3, 0.4) is 0 Å². The Bertz CT molecular complexity index is 586. The molecule has 3 heteroatoms. The van der Waals surface area contributed by atoms with Crippen LogP contribution in [-0.2, 0) is 6.42 Å². The number of rotatable bonds is 1. The Labute approximate surface area is 104 Å². The van der Waals surface area contributed by atoms with Crippen LogP contribution in [-0.4, -0.2) is 10.8 Å². The topological polar surface area (TPSA) is 30.0 Å². The third kappa shape index (κ3) is 1.91. The lowest BCUT2D eigenvalue weighted by atomic mass is 10.0. The number of hydrogen-bond donors (Lipinski definition) is 0. The van der Waals surface area contributed by atoms with Gasteiger partial charge < -0.3 is 0 Å². The molecule has 3 rings (SSSR count). The Hall–Kier alpha value is -1.48. The number of benzene rings is 1. The van der Waals surface area contributed by atoms with Crippen LogP contribution in [0.2, 0.25) is 0 Å². The maximum Gasteiger partial charge on any atom is 0.182 e. The molecule has 0 amide bonds. The van der Waals surface area contributed by atoms with Crippen LogP contribution in [0.25, 0.3) is 10.6 Å². The van der Waals surface area contributed by atoms with Gasteiger partial charge in [-0.3, -0.25) is 4.79 Å². The second-order valence-corrected chi connectivity index (χ2v) is 5.52. The third-order valence-corrected chi connectivity index (χ3v) is 4.20. The maximum absolute atomic E-state index is 11.7. The minimum Gasteiger partial charge on any atom is -0.292 e. The lowest BCUT2D eigenvalue weighted by Crippen LogP contribution is -2.08. The second kappa shape index (κ2) is 4.08. The summed E-state index contributed by atoms with van der Waals surface area (Å²) in [5, 5.41) is 0.981. The molecule has 1 aromatic heterocycles. The lowest BCUT2D eigenvalue weighted by Gasteiger charge is -2.06. The van der Waals surface area contributed by atoms with Gasteiger partial charge in [-0.15, -0.1) is 11.3 Å². The molecule has 0 atom stereocenters. The number of nitrogens with zero attached hydrogens (tertiary/aromatic N) is 1. The van der Waals surface area contributed by atoms with Crippen LogP contribution in [0, 0.1) is 6.92 Å². The Morgan fingerprint density at radius 2 is 2.18 bits per heavy atom.